The Kier molecular flexibility index (Phi) is 7.28. The van der Waals surface area contributed by atoms with Gasteiger partial charge in [0.2, 0.25) is 15.9 Å². The van der Waals surface area contributed by atoms with Crippen LogP contribution in [0, 0.1) is 5.92 Å². The van der Waals surface area contributed by atoms with E-state index in [1.54, 1.807) is 12.1 Å². The summed E-state index contributed by atoms with van der Waals surface area (Å²) in [6, 6.07) is 6.22. The van der Waals surface area contributed by atoms with E-state index in [0.29, 0.717) is 18.8 Å². The number of halogens is 1. The third kappa shape index (κ3) is 4.95. The van der Waals surface area contributed by atoms with E-state index in [1.807, 2.05) is 6.92 Å². The zero-order chi connectivity index (χ0) is 15.3. The van der Waals surface area contributed by atoms with E-state index in [4.69, 9.17) is 0 Å². The van der Waals surface area contributed by atoms with Crippen LogP contribution in [0.3, 0.4) is 0 Å². The predicted molar refractivity (Wildman–Crippen MR) is 88.8 cm³/mol. The van der Waals surface area contributed by atoms with E-state index in [9.17, 15) is 13.2 Å². The van der Waals surface area contributed by atoms with E-state index >= 15 is 0 Å². The molecule has 0 bridgehead atoms. The van der Waals surface area contributed by atoms with Gasteiger partial charge in [-0.3, -0.25) is 4.79 Å². The number of hydrogen-bond acceptors (Lipinski definition) is 4. The summed E-state index contributed by atoms with van der Waals surface area (Å²) in [4.78, 5) is 12.2. The van der Waals surface area contributed by atoms with Crippen LogP contribution in [-0.4, -0.2) is 34.0 Å². The van der Waals surface area contributed by atoms with Gasteiger partial charge < -0.3 is 10.6 Å². The SMILES string of the molecule is CCCNS(=O)(=O)c1ccc(NC(=O)C2CCNC2)cc1.Cl. The summed E-state index contributed by atoms with van der Waals surface area (Å²) in [5, 5.41) is 5.95. The van der Waals surface area contributed by atoms with Crippen molar-refractivity contribution < 1.29 is 13.2 Å². The molecule has 1 aliphatic rings. The van der Waals surface area contributed by atoms with E-state index < -0.39 is 10.0 Å². The zero-order valence-corrected chi connectivity index (χ0v) is 14.1. The highest BCUT2D eigenvalue weighted by atomic mass is 35.5. The van der Waals surface area contributed by atoms with Crippen LogP contribution in [0.5, 0.6) is 0 Å². The Bertz CT molecular complexity index is 584. The molecule has 6 nitrogen and oxygen atoms in total. The van der Waals surface area contributed by atoms with Crippen molar-refractivity contribution in [2.75, 3.05) is 25.0 Å². The standard InChI is InChI=1S/C14H21N3O3S.ClH/c1-2-8-16-21(19,20)13-5-3-12(4-6-13)17-14(18)11-7-9-15-10-11;/h3-6,11,15-16H,2,7-10H2,1H3,(H,17,18);1H. The van der Waals surface area contributed by atoms with Gasteiger partial charge in [0.1, 0.15) is 0 Å². The third-order valence-corrected chi connectivity index (χ3v) is 4.88. The maximum atomic E-state index is 12.0. The topological polar surface area (TPSA) is 87.3 Å². The maximum Gasteiger partial charge on any atom is 0.240 e. The van der Waals surface area contributed by atoms with E-state index in [2.05, 4.69) is 15.4 Å². The first-order valence-corrected chi connectivity index (χ1v) is 8.62. The summed E-state index contributed by atoms with van der Waals surface area (Å²) in [7, 11) is -3.46. The Morgan fingerprint density at radius 3 is 2.55 bits per heavy atom. The van der Waals surface area contributed by atoms with Crippen LogP contribution >= 0.6 is 12.4 Å². The fourth-order valence-corrected chi connectivity index (χ4v) is 3.29. The van der Waals surface area contributed by atoms with Gasteiger partial charge in [0.05, 0.1) is 10.8 Å². The van der Waals surface area contributed by atoms with Gasteiger partial charge in [-0.1, -0.05) is 6.92 Å². The lowest BCUT2D eigenvalue weighted by molar-refractivity contribution is -0.119. The largest absolute Gasteiger partial charge is 0.326 e. The Morgan fingerprint density at radius 2 is 2.00 bits per heavy atom. The fourth-order valence-electron chi connectivity index (χ4n) is 2.16. The molecule has 1 fully saturated rings. The highest BCUT2D eigenvalue weighted by Gasteiger charge is 2.22. The molecule has 1 aliphatic heterocycles. The fraction of sp³-hybridized carbons (Fsp3) is 0.500. The number of anilines is 1. The van der Waals surface area contributed by atoms with Gasteiger partial charge in [0.25, 0.3) is 0 Å². The van der Waals surface area contributed by atoms with Gasteiger partial charge in [-0.15, -0.1) is 12.4 Å². The number of rotatable bonds is 6. The van der Waals surface area contributed by atoms with Crippen molar-refractivity contribution in [3.8, 4) is 0 Å². The summed E-state index contributed by atoms with van der Waals surface area (Å²) in [6.07, 6.45) is 1.57. The van der Waals surface area contributed by atoms with Crippen molar-refractivity contribution in [3.05, 3.63) is 24.3 Å². The van der Waals surface area contributed by atoms with Gasteiger partial charge in [-0.2, -0.15) is 0 Å². The van der Waals surface area contributed by atoms with Gasteiger partial charge in [-0.25, -0.2) is 13.1 Å². The maximum absolute atomic E-state index is 12.0. The number of nitrogens with one attached hydrogen (secondary N) is 3. The van der Waals surface area contributed by atoms with Crippen LogP contribution in [0.4, 0.5) is 5.69 Å². The van der Waals surface area contributed by atoms with Crippen LogP contribution in [0.25, 0.3) is 0 Å². The second kappa shape index (κ2) is 8.47. The van der Waals surface area contributed by atoms with Gasteiger partial charge >= 0.3 is 0 Å². The smallest absolute Gasteiger partial charge is 0.240 e. The molecule has 1 amide bonds. The van der Waals surface area contributed by atoms with Crippen molar-refractivity contribution in [1.82, 2.24) is 10.0 Å². The van der Waals surface area contributed by atoms with Crippen molar-refractivity contribution in [2.45, 2.75) is 24.7 Å². The average molecular weight is 348 g/mol. The molecule has 0 aliphatic carbocycles. The minimum atomic E-state index is -3.46. The van der Waals surface area contributed by atoms with E-state index in [0.717, 1.165) is 19.4 Å². The molecule has 8 heteroatoms. The summed E-state index contributed by atoms with van der Waals surface area (Å²) in [5.41, 5.74) is 0.612. The molecule has 0 aromatic heterocycles. The van der Waals surface area contributed by atoms with Crippen molar-refractivity contribution in [1.29, 1.82) is 0 Å². The van der Waals surface area contributed by atoms with Gasteiger partial charge in [-0.05, 0) is 43.7 Å². The molecule has 0 radical (unpaired) electrons. The Morgan fingerprint density at radius 1 is 1.32 bits per heavy atom. The molecule has 1 unspecified atom stereocenters. The first kappa shape index (κ1) is 18.9. The molecule has 1 atom stereocenters. The lowest BCUT2D eigenvalue weighted by Crippen LogP contribution is -2.25. The summed E-state index contributed by atoms with van der Waals surface area (Å²) >= 11 is 0. The van der Waals surface area contributed by atoms with E-state index in [1.165, 1.54) is 12.1 Å². The molecule has 0 saturated carbocycles. The van der Waals surface area contributed by atoms with Crippen molar-refractivity contribution in [3.63, 3.8) is 0 Å². The molecule has 1 aromatic carbocycles. The Balaban J connectivity index is 0.00000242. The van der Waals surface area contributed by atoms with Crippen LogP contribution < -0.4 is 15.4 Å². The number of carbonyl (C=O) groups is 1. The van der Waals surface area contributed by atoms with Crippen LogP contribution in [0.15, 0.2) is 29.2 Å². The Labute approximate surface area is 137 Å². The average Bonchev–Trinajstić information content (AvgIpc) is 3.00. The lowest BCUT2D eigenvalue weighted by atomic mass is 10.1. The molecular formula is C14H22ClN3O3S. The summed E-state index contributed by atoms with van der Waals surface area (Å²) in [6.45, 7) is 3.87. The molecule has 0 spiro atoms. The van der Waals surface area contributed by atoms with Crippen LogP contribution in [0.1, 0.15) is 19.8 Å². The normalized spacial score (nSPS) is 17.8. The van der Waals surface area contributed by atoms with Gasteiger partial charge in [0.15, 0.2) is 0 Å². The highest BCUT2D eigenvalue weighted by Crippen LogP contribution is 2.16. The zero-order valence-electron chi connectivity index (χ0n) is 12.5. The van der Waals surface area contributed by atoms with E-state index in [-0.39, 0.29) is 29.1 Å². The monoisotopic (exact) mass is 347 g/mol. The number of amides is 1. The summed E-state index contributed by atoms with van der Waals surface area (Å²) in [5.74, 6) is -0.0423. The van der Waals surface area contributed by atoms with Crippen molar-refractivity contribution in [2.24, 2.45) is 5.92 Å². The molecule has 1 heterocycles. The molecule has 2 rings (SSSR count). The lowest BCUT2D eigenvalue weighted by Gasteiger charge is -2.11. The number of benzene rings is 1. The predicted octanol–water partition coefficient (Wildman–Crippen LogP) is 1.34. The first-order valence-electron chi connectivity index (χ1n) is 7.14. The molecular weight excluding hydrogens is 326 g/mol. The minimum Gasteiger partial charge on any atom is -0.326 e. The number of carbonyl (C=O) groups excluding carboxylic acids is 1. The molecule has 22 heavy (non-hydrogen) atoms. The quantitative estimate of drug-likeness (QED) is 0.724. The Hall–Kier alpha value is -1.15. The molecule has 1 aromatic rings. The second-order valence-corrected chi connectivity index (χ2v) is 6.87. The minimum absolute atomic E-state index is 0. The number of sulfonamides is 1. The highest BCUT2D eigenvalue weighted by molar-refractivity contribution is 7.89. The summed E-state index contributed by atoms with van der Waals surface area (Å²) < 4.78 is 26.4. The third-order valence-electron chi connectivity index (χ3n) is 3.41. The molecule has 3 N–H and O–H groups in total. The van der Waals surface area contributed by atoms with Crippen LogP contribution in [-0.2, 0) is 14.8 Å². The van der Waals surface area contributed by atoms with Crippen molar-refractivity contribution >= 4 is 34.0 Å². The molecule has 1 saturated heterocycles. The second-order valence-electron chi connectivity index (χ2n) is 5.10. The van der Waals surface area contributed by atoms with Crippen LogP contribution in [0.2, 0.25) is 0 Å². The molecule has 124 valence electrons. The number of hydrogen-bond donors (Lipinski definition) is 3. The first-order chi connectivity index (χ1) is 10.0. The van der Waals surface area contributed by atoms with Gasteiger partial charge in [0, 0.05) is 18.8 Å².